The number of urea groups is 1. The highest BCUT2D eigenvalue weighted by atomic mass is 19.1. The van der Waals surface area contributed by atoms with Gasteiger partial charge in [0.1, 0.15) is 23.5 Å². The largest absolute Gasteiger partial charge is 0.463 e. The lowest BCUT2D eigenvalue weighted by molar-refractivity contribution is -0.0274. The topological polar surface area (TPSA) is 117 Å². The first-order chi connectivity index (χ1) is 17.4. The monoisotopic (exact) mass is 494 g/mol. The standard InChI is InChI=1S/C24H27FN8O3/c1-29-23(34)31(13-12-30-10-8-24(35,9-11-30)16-4-6-17(25)7-5-16)22-28-21-20(33(22)29)19(27-15-32(21)26)18-3-2-14-36-18/h2-7,14-15,22,35H,8-13,26H2,1H3. The van der Waals surface area contributed by atoms with E-state index in [4.69, 9.17) is 15.3 Å². The van der Waals surface area contributed by atoms with Crippen molar-refractivity contribution in [3.63, 3.8) is 0 Å². The summed E-state index contributed by atoms with van der Waals surface area (Å²) in [5.74, 6) is 6.87. The molecule has 1 aromatic carbocycles. The number of likely N-dealkylation sites (tertiary alicyclic amines) is 1. The van der Waals surface area contributed by atoms with Crippen LogP contribution in [0.5, 0.6) is 0 Å². The number of nitrogens with zero attached hydrogens (tertiary/aromatic N) is 7. The molecule has 5 heterocycles. The molecule has 2 amide bonds. The van der Waals surface area contributed by atoms with Crippen molar-refractivity contribution < 1.29 is 18.7 Å². The van der Waals surface area contributed by atoms with Gasteiger partial charge in [-0.2, -0.15) is 0 Å². The lowest BCUT2D eigenvalue weighted by Crippen LogP contribution is -2.46. The van der Waals surface area contributed by atoms with Gasteiger partial charge in [0.15, 0.2) is 11.6 Å². The highest BCUT2D eigenvalue weighted by molar-refractivity contribution is 6.12. The number of amides is 2. The third kappa shape index (κ3) is 3.56. The first kappa shape index (κ1) is 22.7. The Balaban J connectivity index is 1.16. The number of aliphatic imine (C=N–C) groups is 2. The molecule has 6 rings (SSSR count). The Kier molecular flexibility index (Phi) is 5.32. The predicted molar refractivity (Wildman–Crippen MR) is 129 cm³/mol. The van der Waals surface area contributed by atoms with Gasteiger partial charge >= 0.3 is 6.03 Å². The van der Waals surface area contributed by atoms with Gasteiger partial charge in [-0.3, -0.25) is 4.90 Å². The zero-order valence-corrected chi connectivity index (χ0v) is 19.8. The fraction of sp³-hybridized carbons (Fsp3) is 0.375. The average Bonchev–Trinajstić information content (AvgIpc) is 3.59. The quantitative estimate of drug-likeness (QED) is 0.606. The minimum absolute atomic E-state index is 0.174. The van der Waals surface area contributed by atoms with Crippen LogP contribution in [0.4, 0.5) is 9.18 Å². The number of benzene rings is 1. The molecule has 188 valence electrons. The summed E-state index contributed by atoms with van der Waals surface area (Å²) in [4.78, 5) is 26.3. The Morgan fingerprint density at radius 2 is 1.94 bits per heavy atom. The van der Waals surface area contributed by atoms with E-state index in [-0.39, 0.29) is 11.8 Å². The second-order valence-corrected chi connectivity index (χ2v) is 9.35. The van der Waals surface area contributed by atoms with Crippen molar-refractivity contribution in [1.82, 2.24) is 24.8 Å². The molecular formula is C24H27FN8O3. The third-order valence-corrected chi connectivity index (χ3v) is 7.28. The van der Waals surface area contributed by atoms with Gasteiger partial charge in [-0.15, -0.1) is 0 Å². The summed E-state index contributed by atoms with van der Waals surface area (Å²) < 4.78 is 18.9. The van der Waals surface area contributed by atoms with Gasteiger partial charge in [0.25, 0.3) is 0 Å². The Labute approximate surface area is 207 Å². The number of hydrazine groups is 2. The summed E-state index contributed by atoms with van der Waals surface area (Å²) in [6, 6.07) is 9.45. The van der Waals surface area contributed by atoms with E-state index in [1.807, 2.05) is 0 Å². The number of amidine groups is 1. The van der Waals surface area contributed by atoms with Crippen LogP contribution in [-0.4, -0.2) is 87.7 Å². The van der Waals surface area contributed by atoms with E-state index in [0.29, 0.717) is 62.0 Å². The number of hydrogen-bond donors (Lipinski definition) is 2. The van der Waals surface area contributed by atoms with Crippen LogP contribution in [0.2, 0.25) is 0 Å². The minimum Gasteiger partial charge on any atom is -0.463 e. The number of piperidine rings is 1. The van der Waals surface area contributed by atoms with Gasteiger partial charge in [-0.1, -0.05) is 12.1 Å². The second kappa shape index (κ2) is 8.43. The van der Waals surface area contributed by atoms with Crippen LogP contribution in [0.25, 0.3) is 5.70 Å². The van der Waals surface area contributed by atoms with Gasteiger partial charge in [-0.25, -0.2) is 40.0 Å². The van der Waals surface area contributed by atoms with Crippen molar-refractivity contribution in [3.05, 3.63) is 65.5 Å². The second-order valence-electron chi connectivity index (χ2n) is 9.35. The summed E-state index contributed by atoms with van der Waals surface area (Å²) in [5, 5.41) is 15.7. The normalized spacial score (nSPS) is 23.5. The maximum atomic E-state index is 13.3. The maximum Gasteiger partial charge on any atom is 0.341 e. The summed E-state index contributed by atoms with van der Waals surface area (Å²) in [6.45, 7) is 2.39. The molecule has 11 nitrogen and oxygen atoms in total. The molecule has 0 bridgehead atoms. The molecule has 36 heavy (non-hydrogen) atoms. The number of aliphatic hydroxyl groups is 1. The van der Waals surface area contributed by atoms with Crippen molar-refractivity contribution in [1.29, 1.82) is 0 Å². The Bertz CT molecular complexity index is 1250. The van der Waals surface area contributed by atoms with Crippen molar-refractivity contribution in [3.8, 4) is 0 Å². The highest BCUT2D eigenvalue weighted by Gasteiger charge is 2.51. The van der Waals surface area contributed by atoms with E-state index in [0.717, 1.165) is 5.56 Å². The zero-order valence-electron chi connectivity index (χ0n) is 19.8. The van der Waals surface area contributed by atoms with Gasteiger partial charge in [0.2, 0.25) is 6.29 Å². The van der Waals surface area contributed by atoms with Crippen LogP contribution in [0.1, 0.15) is 24.2 Å². The van der Waals surface area contributed by atoms with Crippen LogP contribution in [0, 0.1) is 5.82 Å². The number of hydrogen-bond acceptors (Lipinski definition) is 9. The molecule has 1 aromatic heterocycles. The van der Waals surface area contributed by atoms with Gasteiger partial charge in [-0.05, 0) is 42.7 Å². The SMILES string of the molecule is CN1C(=O)N(CCN2CCC(O)(c3ccc(F)cc3)CC2)C2N=C3C(=C(c4ccco4)N=CN3N)N21. The fourth-order valence-electron chi connectivity index (χ4n) is 5.21. The number of furan rings is 1. The Morgan fingerprint density at radius 1 is 1.19 bits per heavy atom. The number of fused-ring (bicyclic) bond motifs is 3. The molecule has 3 N–H and O–H groups in total. The number of halogens is 1. The molecule has 2 saturated heterocycles. The number of nitrogens with two attached hydrogens (primary N) is 1. The van der Waals surface area contributed by atoms with E-state index in [2.05, 4.69) is 9.89 Å². The molecule has 12 heteroatoms. The summed E-state index contributed by atoms with van der Waals surface area (Å²) in [6.07, 6.45) is 3.53. The van der Waals surface area contributed by atoms with E-state index in [1.54, 1.807) is 47.5 Å². The Morgan fingerprint density at radius 3 is 2.64 bits per heavy atom. The smallest absolute Gasteiger partial charge is 0.341 e. The summed E-state index contributed by atoms with van der Waals surface area (Å²) in [7, 11) is 1.70. The van der Waals surface area contributed by atoms with E-state index in [1.165, 1.54) is 28.5 Å². The average molecular weight is 495 g/mol. The molecule has 1 unspecified atom stereocenters. The van der Waals surface area contributed by atoms with Crippen LogP contribution in [0.15, 0.2) is 62.8 Å². The van der Waals surface area contributed by atoms with E-state index in [9.17, 15) is 14.3 Å². The predicted octanol–water partition coefficient (Wildman–Crippen LogP) is 1.57. The zero-order chi connectivity index (χ0) is 25.0. The molecule has 0 radical (unpaired) electrons. The van der Waals surface area contributed by atoms with Crippen LogP contribution in [-0.2, 0) is 5.60 Å². The lowest BCUT2D eigenvalue weighted by atomic mass is 9.84. The van der Waals surface area contributed by atoms with Crippen LogP contribution >= 0.6 is 0 Å². The van der Waals surface area contributed by atoms with E-state index < -0.39 is 11.9 Å². The van der Waals surface area contributed by atoms with Crippen molar-refractivity contribution in [2.75, 3.05) is 33.2 Å². The minimum atomic E-state index is -0.975. The summed E-state index contributed by atoms with van der Waals surface area (Å²) >= 11 is 0. The van der Waals surface area contributed by atoms with Crippen LogP contribution in [0.3, 0.4) is 0 Å². The van der Waals surface area contributed by atoms with Gasteiger partial charge < -0.3 is 14.4 Å². The highest BCUT2D eigenvalue weighted by Crippen LogP contribution is 2.38. The van der Waals surface area contributed by atoms with Crippen LogP contribution < -0.4 is 5.84 Å². The van der Waals surface area contributed by atoms with Gasteiger partial charge in [0, 0.05) is 33.2 Å². The Hall–Kier alpha value is -3.74. The number of rotatable bonds is 5. The number of carbonyl (C=O) groups is 1. The molecule has 0 spiro atoms. The molecule has 2 fully saturated rings. The first-order valence-electron chi connectivity index (χ1n) is 11.8. The first-order valence-corrected chi connectivity index (χ1v) is 11.8. The van der Waals surface area contributed by atoms with Crippen molar-refractivity contribution in [2.45, 2.75) is 24.7 Å². The third-order valence-electron chi connectivity index (χ3n) is 7.28. The molecule has 0 aliphatic carbocycles. The van der Waals surface area contributed by atoms with Crippen molar-refractivity contribution >= 4 is 23.9 Å². The molecule has 2 aromatic rings. The molecule has 1 atom stereocenters. The van der Waals surface area contributed by atoms with E-state index >= 15 is 0 Å². The molecule has 4 aliphatic heterocycles. The fourth-order valence-corrected chi connectivity index (χ4v) is 5.21. The summed E-state index contributed by atoms with van der Waals surface area (Å²) in [5.41, 5.74) is 0.923. The maximum absolute atomic E-state index is 13.3. The molecule has 0 saturated carbocycles. The molecule has 4 aliphatic rings. The number of carbonyl (C=O) groups excluding carboxylic acids is 1. The van der Waals surface area contributed by atoms with Crippen molar-refractivity contribution in [2.24, 2.45) is 15.8 Å². The molecular weight excluding hydrogens is 467 g/mol. The van der Waals surface area contributed by atoms with Gasteiger partial charge in [0.05, 0.1) is 11.9 Å². The lowest BCUT2D eigenvalue weighted by Gasteiger charge is -2.39.